The quantitative estimate of drug-likeness (QED) is 0.583. The van der Waals surface area contributed by atoms with Crippen molar-refractivity contribution in [1.82, 2.24) is 24.4 Å². The van der Waals surface area contributed by atoms with Crippen LogP contribution in [0.3, 0.4) is 0 Å². The number of fused-ring (bicyclic) bond motifs is 1. The van der Waals surface area contributed by atoms with E-state index in [-0.39, 0.29) is 24.1 Å². The molecule has 1 amide bonds. The first-order valence-electron chi connectivity index (χ1n) is 8.94. The summed E-state index contributed by atoms with van der Waals surface area (Å²) in [4.78, 5) is 32.9. The van der Waals surface area contributed by atoms with Gasteiger partial charge in [-0.2, -0.15) is 0 Å². The van der Waals surface area contributed by atoms with E-state index in [1.165, 1.54) is 10.8 Å². The van der Waals surface area contributed by atoms with Gasteiger partial charge in [0, 0.05) is 18.1 Å². The Bertz CT molecular complexity index is 1160. The fourth-order valence-electron chi connectivity index (χ4n) is 3.14. The Labute approximate surface area is 161 Å². The van der Waals surface area contributed by atoms with Crippen molar-refractivity contribution in [3.05, 3.63) is 89.4 Å². The number of hydrogen-bond donors (Lipinski definition) is 1. The van der Waals surface area contributed by atoms with Crippen molar-refractivity contribution in [2.24, 2.45) is 0 Å². The van der Waals surface area contributed by atoms with Crippen LogP contribution in [0.1, 0.15) is 18.5 Å². The summed E-state index contributed by atoms with van der Waals surface area (Å²) in [6.45, 7) is 1.86. The predicted octanol–water partition coefficient (Wildman–Crippen LogP) is 2.46. The number of nitrogens with zero attached hydrogens (tertiary/aromatic N) is 4. The third-order valence-electron chi connectivity index (χ3n) is 4.63. The molecule has 2 aromatic carbocycles. The fraction of sp³-hybridized carbons (Fsp3) is 0.143. The maximum Gasteiger partial charge on any atom is 0.269 e. The number of aromatic nitrogens is 4. The summed E-state index contributed by atoms with van der Waals surface area (Å²) < 4.78 is 3.35. The van der Waals surface area contributed by atoms with E-state index in [1.54, 1.807) is 18.6 Å². The summed E-state index contributed by atoms with van der Waals surface area (Å²) in [6, 6.07) is 15.0. The molecule has 2 heterocycles. The number of amides is 1. The van der Waals surface area contributed by atoms with Crippen LogP contribution in [0.5, 0.6) is 0 Å². The molecule has 7 nitrogen and oxygen atoms in total. The minimum absolute atomic E-state index is 0.0562. The number of hydrogen-bond acceptors (Lipinski definition) is 4. The largest absolute Gasteiger partial charge is 0.348 e. The number of carbonyl (C=O) groups excluding carboxylic acids is 1. The van der Waals surface area contributed by atoms with Gasteiger partial charge < -0.3 is 9.88 Å². The Morgan fingerprint density at radius 1 is 1.14 bits per heavy atom. The zero-order valence-electron chi connectivity index (χ0n) is 15.3. The molecule has 1 N–H and O–H groups in total. The van der Waals surface area contributed by atoms with Crippen LogP contribution < -0.4 is 10.9 Å². The standard InChI is InChI=1S/C21H19N5O2/c1-15(16-6-8-17(9-7-16)25-11-10-22-14-25)24-20(27)13-26-19-5-3-2-4-18(19)23-12-21(26)28/h2-12,14-15H,13H2,1H3,(H,24,27). The van der Waals surface area contributed by atoms with Gasteiger partial charge in [-0.1, -0.05) is 24.3 Å². The van der Waals surface area contributed by atoms with E-state index in [0.29, 0.717) is 11.0 Å². The Kier molecular flexibility index (Phi) is 4.72. The van der Waals surface area contributed by atoms with Crippen molar-refractivity contribution in [1.29, 1.82) is 0 Å². The third kappa shape index (κ3) is 3.55. The zero-order chi connectivity index (χ0) is 19.5. The molecule has 0 spiro atoms. The van der Waals surface area contributed by atoms with Gasteiger partial charge in [0.05, 0.1) is 29.6 Å². The van der Waals surface area contributed by atoms with Gasteiger partial charge in [-0.3, -0.25) is 14.2 Å². The maximum absolute atomic E-state index is 12.5. The summed E-state index contributed by atoms with van der Waals surface area (Å²) in [5.74, 6) is -0.232. The van der Waals surface area contributed by atoms with Crippen molar-refractivity contribution in [2.75, 3.05) is 0 Å². The molecule has 1 atom stereocenters. The number of rotatable bonds is 5. The minimum Gasteiger partial charge on any atom is -0.348 e. The second-order valence-corrected chi connectivity index (χ2v) is 6.52. The average molecular weight is 373 g/mol. The number of para-hydroxylation sites is 2. The lowest BCUT2D eigenvalue weighted by Crippen LogP contribution is -2.34. The number of benzene rings is 2. The molecule has 0 saturated carbocycles. The Balaban J connectivity index is 1.48. The van der Waals surface area contributed by atoms with Crippen LogP contribution in [0.4, 0.5) is 0 Å². The SMILES string of the molecule is CC(NC(=O)Cn1c(=O)cnc2ccccc21)c1ccc(-n2ccnc2)cc1. The molecule has 1 unspecified atom stereocenters. The van der Waals surface area contributed by atoms with Crippen LogP contribution >= 0.6 is 0 Å². The molecular weight excluding hydrogens is 354 g/mol. The van der Waals surface area contributed by atoms with Crippen molar-refractivity contribution in [3.8, 4) is 5.69 Å². The van der Waals surface area contributed by atoms with E-state index in [1.807, 2.05) is 60.2 Å². The van der Waals surface area contributed by atoms with Gasteiger partial charge in [0.15, 0.2) is 0 Å². The highest BCUT2D eigenvalue weighted by molar-refractivity contribution is 5.80. The monoisotopic (exact) mass is 373 g/mol. The van der Waals surface area contributed by atoms with Gasteiger partial charge in [-0.05, 0) is 36.8 Å². The van der Waals surface area contributed by atoms with Gasteiger partial charge in [0.1, 0.15) is 6.54 Å². The van der Waals surface area contributed by atoms with Gasteiger partial charge >= 0.3 is 0 Å². The molecular formula is C21H19N5O2. The molecule has 0 saturated heterocycles. The van der Waals surface area contributed by atoms with E-state index in [4.69, 9.17) is 0 Å². The molecule has 0 fully saturated rings. The van der Waals surface area contributed by atoms with Crippen molar-refractivity contribution >= 4 is 16.9 Å². The highest BCUT2D eigenvalue weighted by Crippen LogP contribution is 2.16. The van der Waals surface area contributed by atoms with Crippen molar-refractivity contribution in [3.63, 3.8) is 0 Å². The topological polar surface area (TPSA) is 81.8 Å². The van der Waals surface area contributed by atoms with E-state index in [0.717, 1.165) is 11.3 Å². The normalized spacial score (nSPS) is 12.0. The lowest BCUT2D eigenvalue weighted by atomic mass is 10.1. The van der Waals surface area contributed by atoms with E-state index >= 15 is 0 Å². The first kappa shape index (κ1) is 17.7. The number of carbonyl (C=O) groups is 1. The van der Waals surface area contributed by atoms with Crippen LogP contribution in [0, 0.1) is 0 Å². The molecule has 4 aromatic rings. The zero-order valence-corrected chi connectivity index (χ0v) is 15.3. The Hall–Kier alpha value is -3.74. The Morgan fingerprint density at radius 2 is 1.93 bits per heavy atom. The lowest BCUT2D eigenvalue weighted by Gasteiger charge is -2.16. The minimum atomic E-state index is -0.300. The summed E-state index contributed by atoms with van der Waals surface area (Å²) in [6.07, 6.45) is 6.57. The van der Waals surface area contributed by atoms with E-state index in [9.17, 15) is 9.59 Å². The first-order chi connectivity index (χ1) is 13.6. The first-order valence-corrected chi connectivity index (χ1v) is 8.94. The third-order valence-corrected chi connectivity index (χ3v) is 4.63. The smallest absolute Gasteiger partial charge is 0.269 e. The summed E-state index contributed by atoms with van der Waals surface area (Å²) >= 11 is 0. The van der Waals surface area contributed by atoms with Crippen molar-refractivity contribution in [2.45, 2.75) is 19.5 Å². The molecule has 0 radical (unpaired) electrons. The predicted molar refractivity (Wildman–Crippen MR) is 106 cm³/mol. The summed E-state index contributed by atoms with van der Waals surface area (Å²) in [5, 5.41) is 2.95. The van der Waals surface area contributed by atoms with E-state index in [2.05, 4.69) is 15.3 Å². The van der Waals surface area contributed by atoms with Crippen LogP contribution in [0.2, 0.25) is 0 Å². The molecule has 0 bridgehead atoms. The highest BCUT2D eigenvalue weighted by Gasteiger charge is 2.13. The van der Waals surface area contributed by atoms with Crippen LogP contribution in [0.25, 0.3) is 16.7 Å². The molecule has 2 aromatic heterocycles. The molecule has 0 aliphatic rings. The van der Waals surface area contributed by atoms with Crippen LogP contribution in [0.15, 0.2) is 78.2 Å². The van der Waals surface area contributed by atoms with Crippen molar-refractivity contribution < 1.29 is 4.79 Å². The fourth-order valence-corrected chi connectivity index (χ4v) is 3.14. The second-order valence-electron chi connectivity index (χ2n) is 6.52. The van der Waals surface area contributed by atoms with Gasteiger partial charge in [0.25, 0.3) is 5.56 Å². The van der Waals surface area contributed by atoms with Gasteiger partial charge in [0.2, 0.25) is 5.91 Å². The van der Waals surface area contributed by atoms with Crippen LogP contribution in [-0.4, -0.2) is 25.0 Å². The van der Waals surface area contributed by atoms with Gasteiger partial charge in [-0.15, -0.1) is 0 Å². The number of nitrogens with one attached hydrogen (secondary N) is 1. The second kappa shape index (κ2) is 7.48. The Morgan fingerprint density at radius 3 is 2.68 bits per heavy atom. The molecule has 28 heavy (non-hydrogen) atoms. The molecule has 0 aliphatic carbocycles. The summed E-state index contributed by atoms with van der Waals surface area (Å²) in [7, 11) is 0. The number of imidazole rings is 1. The lowest BCUT2D eigenvalue weighted by molar-refractivity contribution is -0.122. The van der Waals surface area contributed by atoms with Crippen LogP contribution in [-0.2, 0) is 11.3 Å². The van der Waals surface area contributed by atoms with E-state index < -0.39 is 0 Å². The summed E-state index contributed by atoms with van der Waals surface area (Å²) in [5.41, 5.74) is 2.99. The molecule has 0 aliphatic heterocycles. The highest BCUT2D eigenvalue weighted by atomic mass is 16.2. The molecule has 7 heteroatoms. The maximum atomic E-state index is 12.5. The molecule has 4 rings (SSSR count). The molecule has 140 valence electrons. The van der Waals surface area contributed by atoms with Gasteiger partial charge in [-0.25, -0.2) is 9.97 Å². The average Bonchev–Trinajstić information content (AvgIpc) is 3.25.